The molecule has 2 amide bonds. The zero-order valence-corrected chi connectivity index (χ0v) is 11.2. The number of nitrogens with zero attached hydrogens (tertiary/aromatic N) is 2. The van der Waals surface area contributed by atoms with E-state index < -0.39 is 0 Å². The maximum Gasteiger partial charge on any atom is 0.324 e. The largest absolute Gasteiger partial charge is 0.324 e. The highest BCUT2D eigenvalue weighted by Crippen LogP contribution is 2.11. The van der Waals surface area contributed by atoms with E-state index >= 15 is 0 Å². The second-order valence-corrected chi connectivity index (χ2v) is 4.45. The summed E-state index contributed by atoms with van der Waals surface area (Å²) in [7, 11) is 0. The van der Waals surface area contributed by atoms with Crippen molar-refractivity contribution in [3.63, 3.8) is 0 Å². The van der Waals surface area contributed by atoms with Crippen LogP contribution in [0.2, 0.25) is 0 Å². The highest BCUT2D eigenvalue weighted by molar-refractivity contribution is 5.99. The average Bonchev–Trinajstić information content (AvgIpc) is 2.97. The summed E-state index contributed by atoms with van der Waals surface area (Å²) in [6.45, 7) is 0. The molecule has 3 rings (SSSR count). The van der Waals surface area contributed by atoms with Crippen LogP contribution in [0.1, 0.15) is 0 Å². The van der Waals surface area contributed by atoms with Gasteiger partial charge >= 0.3 is 6.03 Å². The molecule has 0 saturated carbocycles. The predicted molar refractivity (Wildman–Crippen MR) is 82.6 cm³/mol. The highest BCUT2D eigenvalue weighted by atomic mass is 16.2. The molecular weight excluding hydrogens is 264 g/mol. The number of amides is 2. The third-order valence-corrected chi connectivity index (χ3v) is 2.91. The molecule has 0 bridgehead atoms. The molecule has 5 heteroatoms. The molecule has 104 valence electrons. The minimum atomic E-state index is -0.320. The second kappa shape index (κ2) is 5.92. The van der Waals surface area contributed by atoms with Gasteiger partial charge in [0.2, 0.25) is 0 Å². The number of anilines is 2. The van der Waals surface area contributed by atoms with E-state index in [2.05, 4.69) is 15.6 Å². The number of hydrogen-bond acceptors (Lipinski definition) is 2. The molecule has 3 aromatic rings. The molecule has 1 aromatic heterocycles. The van der Waals surface area contributed by atoms with Gasteiger partial charge in [0.15, 0.2) is 5.82 Å². The van der Waals surface area contributed by atoms with Crippen molar-refractivity contribution in [2.75, 3.05) is 10.6 Å². The van der Waals surface area contributed by atoms with E-state index in [4.69, 9.17) is 0 Å². The van der Waals surface area contributed by atoms with Crippen molar-refractivity contribution in [1.29, 1.82) is 0 Å². The molecule has 0 aliphatic rings. The Bertz CT molecular complexity index is 722. The fourth-order valence-corrected chi connectivity index (χ4v) is 1.93. The molecule has 0 spiro atoms. The van der Waals surface area contributed by atoms with Crippen molar-refractivity contribution in [3.8, 4) is 5.69 Å². The first-order valence-corrected chi connectivity index (χ1v) is 6.54. The van der Waals surface area contributed by atoms with E-state index in [1.54, 1.807) is 12.5 Å². The third-order valence-electron chi connectivity index (χ3n) is 2.91. The van der Waals surface area contributed by atoms with Crippen molar-refractivity contribution >= 4 is 17.5 Å². The Morgan fingerprint density at radius 3 is 2.29 bits per heavy atom. The van der Waals surface area contributed by atoms with Crippen LogP contribution in [0.4, 0.5) is 16.3 Å². The summed E-state index contributed by atoms with van der Waals surface area (Å²) in [5.41, 5.74) is 1.72. The van der Waals surface area contributed by atoms with Crippen LogP contribution in [0.5, 0.6) is 0 Å². The molecule has 21 heavy (non-hydrogen) atoms. The van der Waals surface area contributed by atoms with Gasteiger partial charge in [-0.05, 0) is 24.3 Å². The molecule has 2 N–H and O–H groups in total. The fourth-order valence-electron chi connectivity index (χ4n) is 1.93. The van der Waals surface area contributed by atoms with E-state index in [9.17, 15) is 4.79 Å². The van der Waals surface area contributed by atoms with Crippen molar-refractivity contribution in [2.45, 2.75) is 0 Å². The standard InChI is InChI=1S/C16H14N4O/c21-16(18-13-7-3-1-4-8-13)19-15-11-20(12-17-15)14-9-5-2-6-10-14/h1-12H,(H2,18,19,21). The summed E-state index contributed by atoms with van der Waals surface area (Å²) < 4.78 is 1.85. The smallest absolute Gasteiger partial charge is 0.308 e. The van der Waals surface area contributed by atoms with Crippen LogP contribution >= 0.6 is 0 Å². The van der Waals surface area contributed by atoms with Crippen molar-refractivity contribution in [3.05, 3.63) is 73.2 Å². The Kier molecular flexibility index (Phi) is 3.64. The van der Waals surface area contributed by atoms with Crippen LogP contribution in [-0.2, 0) is 0 Å². The summed E-state index contributed by atoms with van der Waals surface area (Å²) in [5.74, 6) is 0.493. The van der Waals surface area contributed by atoms with Crippen molar-refractivity contribution in [1.82, 2.24) is 9.55 Å². The summed E-state index contributed by atoms with van der Waals surface area (Å²) in [6.07, 6.45) is 3.42. The highest BCUT2D eigenvalue weighted by Gasteiger charge is 2.05. The van der Waals surface area contributed by atoms with Crippen LogP contribution in [0.15, 0.2) is 73.2 Å². The Hall–Kier alpha value is -3.08. The van der Waals surface area contributed by atoms with E-state index in [1.807, 2.05) is 65.2 Å². The molecule has 0 saturated heterocycles. The predicted octanol–water partition coefficient (Wildman–Crippen LogP) is 3.52. The first kappa shape index (κ1) is 12.9. The molecule has 0 atom stereocenters. The Labute approximate surface area is 122 Å². The fraction of sp³-hybridized carbons (Fsp3) is 0. The van der Waals surface area contributed by atoms with Gasteiger partial charge in [0.1, 0.15) is 6.33 Å². The Morgan fingerprint density at radius 2 is 1.57 bits per heavy atom. The number of benzene rings is 2. The molecule has 5 nitrogen and oxygen atoms in total. The first-order chi connectivity index (χ1) is 10.3. The quantitative estimate of drug-likeness (QED) is 0.770. The van der Waals surface area contributed by atoms with Crippen molar-refractivity contribution < 1.29 is 4.79 Å². The lowest BCUT2D eigenvalue weighted by Gasteiger charge is -2.05. The van der Waals surface area contributed by atoms with E-state index in [0.29, 0.717) is 5.82 Å². The molecular formula is C16H14N4O. The number of nitrogens with one attached hydrogen (secondary N) is 2. The lowest BCUT2D eigenvalue weighted by Crippen LogP contribution is -2.19. The van der Waals surface area contributed by atoms with Gasteiger partial charge in [0.25, 0.3) is 0 Å². The minimum Gasteiger partial charge on any atom is -0.308 e. The number of imidazole rings is 1. The number of urea groups is 1. The van der Waals surface area contributed by atoms with Crippen molar-refractivity contribution in [2.24, 2.45) is 0 Å². The zero-order chi connectivity index (χ0) is 14.5. The molecule has 0 unspecified atom stereocenters. The molecule has 0 radical (unpaired) electrons. The molecule has 0 aliphatic carbocycles. The number of rotatable bonds is 3. The monoisotopic (exact) mass is 278 g/mol. The first-order valence-electron chi connectivity index (χ1n) is 6.54. The number of aromatic nitrogens is 2. The zero-order valence-electron chi connectivity index (χ0n) is 11.2. The maximum atomic E-state index is 11.9. The Balaban J connectivity index is 1.66. The van der Waals surface area contributed by atoms with Gasteiger partial charge in [-0.15, -0.1) is 0 Å². The summed E-state index contributed by atoms with van der Waals surface area (Å²) in [5, 5.41) is 5.44. The maximum absolute atomic E-state index is 11.9. The van der Waals surface area contributed by atoms with Gasteiger partial charge in [-0.3, -0.25) is 5.32 Å². The minimum absolute atomic E-state index is 0.320. The van der Waals surface area contributed by atoms with Crippen LogP contribution in [-0.4, -0.2) is 15.6 Å². The number of para-hydroxylation sites is 2. The lowest BCUT2D eigenvalue weighted by molar-refractivity contribution is 0.262. The van der Waals surface area contributed by atoms with E-state index in [1.165, 1.54) is 0 Å². The van der Waals surface area contributed by atoms with E-state index in [-0.39, 0.29) is 6.03 Å². The lowest BCUT2D eigenvalue weighted by atomic mass is 10.3. The van der Waals surface area contributed by atoms with Gasteiger partial charge < -0.3 is 9.88 Å². The average molecular weight is 278 g/mol. The summed E-state index contributed by atoms with van der Waals surface area (Å²) >= 11 is 0. The number of carbonyl (C=O) groups excluding carboxylic acids is 1. The SMILES string of the molecule is O=C(Nc1ccccc1)Nc1cn(-c2ccccc2)cn1. The van der Waals surface area contributed by atoms with Crippen LogP contribution in [0.3, 0.4) is 0 Å². The molecule has 0 aliphatic heterocycles. The Morgan fingerprint density at radius 1 is 0.905 bits per heavy atom. The van der Waals surface area contributed by atoms with Crippen LogP contribution in [0.25, 0.3) is 5.69 Å². The molecule has 1 heterocycles. The summed E-state index contributed by atoms with van der Waals surface area (Å²) in [4.78, 5) is 16.0. The third kappa shape index (κ3) is 3.27. The van der Waals surface area contributed by atoms with Gasteiger partial charge in [0.05, 0.1) is 6.20 Å². The van der Waals surface area contributed by atoms with Crippen LogP contribution < -0.4 is 10.6 Å². The number of hydrogen-bond donors (Lipinski definition) is 2. The van der Waals surface area contributed by atoms with Gasteiger partial charge in [-0.2, -0.15) is 0 Å². The van der Waals surface area contributed by atoms with Gasteiger partial charge in [0, 0.05) is 11.4 Å². The molecule has 0 fully saturated rings. The van der Waals surface area contributed by atoms with E-state index in [0.717, 1.165) is 11.4 Å². The number of carbonyl (C=O) groups is 1. The van der Waals surface area contributed by atoms with Gasteiger partial charge in [-0.25, -0.2) is 9.78 Å². The second-order valence-electron chi connectivity index (χ2n) is 4.45. The summed E-state index contributed by atoms with van der Waals surface area (Å²) in [6, 6.07) is 18.7. The van der Waals surface area contributed by atoms with Crippen LogP contribution in [0, 0.1) is 0 Å². The molecule has 2 aromatic carbocycles. The van der Waals surface area contributed by atoms with Gasteiger partial charge in [-0.1, -0.05) is 36.4 Å². The topological polar surface area (TPSA) is 59.0 Å². The normalized spacial score (nSPS) is 10.1.